The highest BCUT2D eigenvalue weighted by Crippen LogP contribution is 2.08. The van der Waals surface area contributed by atoms with E-state index in [1.807, 2.05) is 31.2 Å². The predicted octanol–water partition coefficient (Wildman–Crippen LogP) is 0.729. The molecule has 2 N–H and O–H groups in total. The second-order valence-electron chi connectivity index (χ2n) is 4.86. The lowest BCUT2D eigenvalue weighted by Crippen LogP contribution is -2.32. The molecule has 0 spiro atoms. The number of carbonyl (C=O) groups is 2. The van der Waals surface area contributed by atoms with Gasteiger partial charge >= 0.3 is 0 Å². The van der Waals surface area contributed by atoms with Gasteiger partial charge in [-0.25, -0.2) is 0 Å². The molecule has 0 saturated heterocycles. The Morgan fingerprint density at radius 1 is 0.957 bits per heavy atom. The van der Waals surface area contributed by atoms with Gasteiger partial charge in [-0.3, -0.25) is 9.59 Å². The molecule has 1 rings (SSSR count). The van der Waals surface area contributed by atoms with E-state index in [4.69, 9.17) is 14.2 Å². The number of hydrogen-bond acceptors (Lipinski definition) is 5. The molecule has 0 aliphatic heterocycles. The zero-order chi connectivity index (χ0) is 16.9. The van der Waals surface area contributed by atoms with Crippen molar-refractivity contribution < 1.29 is 23.8 Å². The third-order valence-electron chi connectivity index (χ3n) is 2.80. The molecule has 0 radical (unpaired) electrons. The van der Waals surface area contributed by atoms with E-state index in [-0.39, 0.29) is 25.0 Å². The SMILES string of the molecule is COCCOCCNC(=O)COCC(=O)Nc1ccc(C)cc1. The number of aryl methyl sites for hydroxylation is 1. The van der Waals surface area contributed by atoms with Gasteiger partial charge in [0, 0.05) is 19.3 Å². The van der Waals surface area contributed by atoms with Crippen LogP contribution in [0.5, 0.6) is 0 Å². The van der Waals surface area contributed by atoms with E-state index in [0.717, 1.165) is 5.56 Å². The third-order valence-corrected chi connectivity index (χ3v) is 2.80. The molecule has 7 heteroatoms. The molecule has 0 heterocycles. The van der Waals surface area contributed by atoms with Crippen LogP contribution in [0.2, 0.25) is 0 Å². The number of rotatable bonds is 11. The highest BCUT2D eigenvalue weighted by Gasteiger charge is 2.05. The van der Waals surface area contributed by atoms with Crippen LogP contribution in [0.3, 0.4) is 0 Å². The van der Waals surface area contributed by atoms with E-state index in [1.165, 1.54) is 0 Å². The highest BCUT2D eigenvalue weighted by molar-refractivity contribution is 5.91. The number of anilines is 1. The van der Waals surface area contributed by atoms with E-state index >= 15 is 0 Å². The average Bonchev–Trinajstić information content (AvgIpc) is 2.53. The molecule has 128 valence electrons. The lowest BCUT2D eigenvalue weighted by Gasteiger charge is -2.08. The predicted molar refractivity (Wildman–Crippen MR) is 86.3 cm³/mol. The van der Waals surface area contributed by atoms with Crippen LogP contribution in [0.4, 0.5) is 5.69 Å². The Labute approximate surface area is 136 Å². The molecule has 0 unspecified atom stereocenters. The van der Waals surface area contributed by atoms with Crippen LogP contribution in [0.1, 0.15) is 5.56 Å². The van der Waals surface area contributed by atoms with Gasteiger partial charge in [0.15, 0.2) is 0 Å². The van der Waals surface area contributed by atoms with Gasteiger partial charge in [-0.2, -0.15) is 0 Å². The topological polar surface area (TPSA) is 85.9 Å². The Morgan fingerprint density at radius 2 is 1.65 bits per heavy atom. The van der Waals surface area contributed by atoms with Crippen molar-refractivity contribution in [2.24, 2.45) is 0 Å². The second-order valence-corrected chi connectivity index (χ2v) is 4.86. The van der Waals surface area contributed by atoms with Crippen molar-refractivity contribution in [2.45, 2.75) is 6.92 Å². The normalized spacial score (nSPS) is 10.3. The van der Waals surface area contributed by atoms with Crippen molar-refractivity contribution in [1.82, 2.24) is 5.32 Å². The van der Waals surface area contributed by atoms with Gasteiger partial charge in [-0.15, -0.1) is 0 Å². The van der Waals surface area contributed by atoms with Crippen LogP contribution in [0, 0.1) is 6.92 Å². The minimum Gasteiger partial charge on any atom is -0.382 e. The van der Waals surface area contributed by atoms with E-state index < -0.39 is 0 Å². The van der Waals surface area contributed by atoms with Crippen LogP contribution in [-0.2, 0) is 23.8 Å². The molecule has 0 fully saturated rings. The van der Waals surface area contributed by atoms with Gasteiger partial charge in [-0.05, 0) is 19.1 Å². The summed E-state index contributed by atoms with van der Waals surface area (Å²) in [4.78, 5) is 23.1. The molecular formula is C16H24N2O5. The lowest BCUT2D eigenvalue weighted by molar-refractivity contribution is -0.128. The smallest absolute Gasteiger partial charge is 0.250 e. The first kappa shape index (κ1) is 19.1. The maximum Gasteiger partial charge on any atom is 0.250 e. The Bertz CT molecular complexity index is 476. The van der Waals surface area contributed by atoms with Crippen molar-refractivity contribution in [3.05, 3.63) is 29.8 Å². The fourth-order valence-electron chi connectivity index (χ4n) is 1.63. The minimum atomic E-state index is -0.301. The summed E-state index contributed by atoms with van der Waals surface area (Å²) < 4.78 is 15.1. The fourth-order valence-corrected chi connectivity index (χ4v) is 1.63. The number of methoxy groups -OCH3 is 1. The van der Waals surface area contributed by atoms with Crippen LogP contribution >= 0.6 is 0 Å². The standard InChI is InChI=1S/C16H24N2O5/c1-13-3-5-14(6-4-13)18-16(20)12-23-11-15(19)17-7-8-22-10-9-21-2/h3-6H,7-12H2,1-2H3,(H,17,19)(H,18,20). The minimum absolute atomic E-state index is 0.167. The summed E-state index contributed by atoms with van der Waals surface area (Å²) in [5, 5.41) is 5.32. The molecule has 0 saturated carbocycles. The fraction of sp³-hybridized carbons (Fsp3) is 0.500. The van der Waals surface area contributed by atoms with Crippen LogP contribution < -0.4 is 10.6 Å². The molecular weight excluding hydrogens is 300 g/mol. The van der Waals surface area contributed by atoms with E-state index in [1.54, 1.807) is 7.11 Å². The highest BCUT2D eigenvalue weighted by atomic mass is 16.5. The largest absolute Gasteiger partial charge is 0.382 e. The van der Waals surface area contributed by atoms with Crippen LogP contribution in [0.25, 0.3) is 0 Å². The lowest BCUT2D eigenvalue weighted by atomic mass is 10.2. The van der Waals surface area contributed by atoms with E-state index in [9.17, 15) is 9.59 Å². The van der Waals surface area contributed by atoms with Gasteiger partial charge in [0.2, 0.25) is 11.8 Å². The zero-order valence-electron chi connectivity index (χ0n) is 13.6. The summed E-state index contributed by atoms with van der Waals surface area (Å²) in [6.45, 7) is 3.43. The van der Waals surface area contributed by atoms with Crippen molar-refractivity contribution in [3.8, 4) is 0 Å². The molecule has 2 amide bonds. The Hall–Kier alpha value is -1.96. The molecule has 7 nitrogen and oxygen atoms in total. The first-order chi connectivity index (χ1) is 11.1. The molecule has 0 aromatic heterocycles. The number of hydrogen-bond donors (Lipinski definition) is 2. The molecule has 1 aromatic rings. The van der Waals surface area contributed by atoms with E-state index in [0.29, 0.717) is 32.1 Å². The van der Waals surface area contributed by atoms with Gasteiger partial charge < -0.3 is 24.8 Å². The molecule has 23 heavy (non-hydrogen) atoms. The third kappa shape index (κ3) is 9.62. The quantitative estimate of drug-likeness (QED) is 0.586. The summed E-state index contributed by atoms with van der Waals surface area (Å²) in [5.74, 6) is -0.590. The number of amides is 2. The van der Waals surface area contributed by atoms with Crippen LogP contribution in [0.15, 0.2) is 24.3 Å². The summed E-state index contributed by atoms with van der Waals surface area (Å²) in [6, 6.07) is 7.42. The van der Waals surface area contributed by atoms with Gasteiger partial charge in [0.1, 0.15) is 13.2 Å². The summed E-state index contributed by atoms with van der Waals surface area (Å²) in [6.07, 6.45) is 0. The van der Waals surface area contributed by atoms with Crippen LogP contribution in [-0.4, -0.2) is 58.5 Å². The summed E-state index contributed by atoms with van der Waals surface area (Å²) in [5.41, 5.74) is 1.81. The number of nitrogens with one attached hydrogen (secondary N) is 2. The number of benzene rings is 1. The number of carbonyl (C=O) groups excluding carboxylic acids is 2. The second kappa shape index (κ2) is 11.6. The molecule has 0 bridgehead atoms. The maximum atomic E-state index is 11.6. The average molecular weight is 324 g/mol. The summed E-state index contributed by atoms with van der Waals surface area (Å²) in [7, 11) is 1.59. The Kier molecular flexibility index (Phi) is 9.62. The van der Waals surface area contributed by atoms with Gasteiger partial charge in [0.05, 0.1) is 19.8 Å². The first-order valence-electron chi connectivity index (χ1n) is 7.39. The summed E-state index contributed by atoms with van der Waals surface area (Å²) >= 11 is 0. The van der Waals surface area contributed by atoms with Crippen molar-refractivity contribution in [1.29, 1.82) is 0 Å². The van der Waals surface area contributed by atoms with Gasteiger partial charge in [0.25, 0.3) is 0 Å². The molecule has 0 aliphatic carbocycles. The van der Waals surface area contributed by atoms with Crippen molar-refractivity contribution in [3.63, 3.8) is 0 Å². The van der Waals surface area contributed by atoms with E-state index in [2.05, 4.69) is 10.6 Å². The Balaban J connectivity index is 2.05. The van der Waals surface area contributed by atoms with Gasteiger partial charge in [-0.1, -0.05) is 17.7 Å². The monoisotopic (exact) mass is 324 g/mol. The Morgan fingerprint density at radius 3 is 2.35 bits per heavy atom. The van der Waals surface area contributed by atoms with Crippen molar-refractivity contribution >= 4 is 17.5 Å². The molecule has 1 aromatic carbocycles. The molecule has 0 aliphatic rings. The zero-order valence-corrected chi connectivity index (χ0v) is 13.6. The first-order valence-corrected chi connectivity index (χ1v) is 7.39. The maximum absolute atomic E-state index is 11.6. The molecule has 0 atom stereocenters. The van der Waals surface area contributed by atoms with Crippen molar-refractivity contribution in [2.75, 3.05) is 52.0 Å². The number of ether oxygens (including phenoxy) is 3.